The van der Waals surface area contributed by atoms with Gasteiger partial charge in [0.15, 0.2) is 0 Å². The van der Waals surface area contributed by atoms with Gasteiger partial charge in [0.2, 0.25) is 0 Å². The third-order valence-corrected chi connectivity index (χ3v) is 6.72. The molecular weight excluding hydrogens is 336 g/mol. The Morgan fingerprint density at radius 2 is 2.24 bits per heavy atom. The minimum absolute atomic E-state index is 0.0149. The van der Waals surface area contributed by atoms with Gasteiger partial charge in [-0.1, -0.05) is 12.8 Å². The van der Waals surface area contributed by atoms with Crippen LogP contribution >= 0.6 is 11.3 Å². The number of nitrogens with zero attached hydrogens (tertiary/aromatic N) is 3. The highest BCUT2D eigenvalue weighted by molar-refractivity contribution is 7.16. The van der Waals surface area contributed by atoms with E-state index in [1.807, 2.05) is 20.2 Å². The summed E-state index contributed by atoms with van der Waals surface area (Å²) in [7, 11) is 1.87. The Morgan fingerprint density at radius 1 is 1.44 bits per heavy atom. The predicted octanol–water partition coefficient (Wildman–Crippen LogP) is 3.01. The Bertz CT molecular complexity index is 763. The first kappa shape index (κ1) is 16.7. The van der Waals surface area contributed by atoms with Crippen molar-refractivity contribution in [2.45, 2.75) is 51.2 Å². The second-order valence-corrected chi connectivity index (χ2v) is 8.11. The van der Waals surface area contributed by atoms with Crippen LogP contribution in [0.25, 0.3) is 10.6 Å². The van der Waals surface area contributed by atoms with Gasteiger partial charge in [-0.15, -0.1) is 11.3 Å². The van der Waals surface area contributed by atoms with Crippen molar-refractivity contribution in [3.05, 3.63) is 23.5 Å². The molecule has 25 heavy (non-hydrogen) atoms. The van der Waals surface area contributed by atoms with Crippen LogP contribution in [0, 0.1) is 5.41 Å². The molecule has 2 fully saturated rings. The summed E-state index contributed by atoms with van der Waals surface area (Å²) in [6.07, 6.45) is 11.4. The van der Waals surface area contributed by atoms with Crippen molar-refractivity contribution in [1.82, 2.24) is 20.1 Å². The molecule has 1 spiro atoms. The zero-order valence-electron chi connectivity index (χ0n) is 14.7. The molecule has 1 N–H and O–H groups in total. The summed E-state index contributed by atoms with van der Waals surface area (Å²) in [4.78, 5) is 17.7. The summed E-state index contributed by atoms with van der Waals surface area (Å²) in [5.74, 6) is -0.0149. The lowest BCUT2D eigenvalue weighted by Gasteiger charge is -2.54. The molecule has 0 unspecified atom stereocenters. The first-order valence-corrected chi connectivity index (χ1v) is 9.81. The van der Waals surface area contributed by atoms with Gasteiger partial charge in [0.25, 0.3) is 5.91 Å². The lowest BCUT2D eigenvalue weighted by molar-refractivity contribution is -0.127. The first-order chi connectivity index (χ1) is 12.1. The van der Waals surface area contributed by atoms with Crippen LogP contribution in [-0.2, 0) is 11.8 Å². The topological polar surface area (TPSA) is 69.0 Å². The molecule has 4 rings (SSSR count). The van der Waals surface area contributed by atoms with Crippen molar-refractivity contribution in [2.24, 2.45) is 12.5 Å². The molecule has 0 bridgehead atoms. The summed E-state index contributed by atoms with van der Waals surface area (Å²) in [6, 6.07) is 0.225. The van der Waals surface area contributed by atoms with Crippen molar-refractivity contribution in [1.29, 1.82) is 0 Å². The van der Waals surface area contributed by atoms with Crippen LogP contribution in [0.3, 0.4) is 0 Å². The van der Waals surface area contributed by atoms with E-state index in [1.165, 1.54) is 24.2 Å². The summed E-state index contributed by atoms with van der Waals surface area (Å²) in [5.41, 5.74) is 1.10. The number of amides is 1. The number of aromatic nitrogens is 3. The molecule has 2 saturated carbocycles. The number of thiazole rings is 1. The number of nitrogens with one attached hydrogen (secondary N) is 1. The number of aryl methyl sites for hydroxylation is 1. The van der Waals surface area contributed by atoms with Gasteiger partial charge >= 0.3 is 0 Å². The third-order valence-electron chi connectivity index (χ3n) is 5.67. The highest BCUT2D eigenvalue weighted by atomic mass is 32.1. The van der Waals surface area contributed by atoms with Gasteiger partial charge in [-0.05, 0) is 26.2 Å². The zero-order valence-corrected chi connectivity index (χ0v) is 15.5. The van der Waals surface area contributed by atoms with E-state index in [2.05, 4.69) is 15.4 Å². The van der Waals surface area contributed by atoms with Crippen molar-refractivity contribution in [3.8, 4) is 10.6 Å². The predicted molar refractivity (Wildman–Crippen MR) is 96.5 cm³/mol. The normalized spacial score (nSPS) is 24.4. The van der Waals surface area contributed by atoms with Crippen molar-refractivity contribution >= 4 is 17.2 Å². The van der Waals surface area contributed by atoms with Gasteiger partial charge in [0.1, 0.15) is 9.88 Å². The highest BCUT2D eigenvalue weighted by Gasteiger charge is 2.57. The minimum Gasteiger partial charge on any atom is -0.378 e. The Kier molecular flexibility index (Phi) is 4.37. The molecule has 2 atom stereocenters. The van der Waals surface area contributed by atoms with Crippen LogP contribution in [0.5, 0.6) is 0 Å². The van der Waals surface area contributed by atoms with Crippen molar-refractivity contribution in [3.63, 3.8) is 0 Å². The SMILES string of the molecule is CCO[C@@H]1C[C@H](NC(=O)c2cnc(-c3cnn(C)c3)s2)C12CCCC2. The van der Waals surface area contributed by atoms with E-state index in [-0.39, 0.29) is 17.4 Å². The monoisotopic (exact) mass is 360 g/mol. The Hall–Kier alpha value is -1.73. The molecule has 134 valence electrons. The fraction of sp³-hybridized carbons (Fsp3) is 0.611. The molecule has 2 heterocycles. The van der Waals surface area contributed by atoms with Gasteiger partial charge in [-0.2, -0.15) is 5.10 Å². The Labute approximate surface area is 151 Å². The summed E-state index contributed by atoms with van der Waals surface area (Å²) in [5, 5.41) is 8.24. The molecule has 6 nitrogen and oxygen atoms in total. The van der Waals surface area contributed by atoms with Crippen LogP contribution in [0.2, 0.25) is 0 Å². The van der Waals surface area contributed by atoms with Gasteiger partial charge < -0.3 is 10.1 Å². The van der Waals surface area contributed by atoms with E-state index in [0.29, 0.717) is 11.0 Å². The lowest BCUT2D eigenvalue weighted by atomic mass is 9.60. The van der Waals surface area contributed by atoms with E-state index >= 15 is 0 Å². The summed E-state index contributed by atoms with van der Waals surface area (Å²) >= 11 is 1.42. The maximum atomic E-state index is 12.7. The first-order valence-electron chi connectivity index (χ1n) is 8.99. The lowest BCUT2D eigenvalue weighted by Crippen LogP contribution is -2.63. The molecule has 0 aliphatic heterocycles. The van der Waals surface area contributed by atoms with E-state index in [4.69, 9.17) is 4.74 Å². The average Bonchev–Trinajstić information content (AvgIpc) is 3.33. The van der Waals surface area contributed by atoms with Crippen LogP contribution in [0.1, 0.15) is 48.7 Å². The maximum Gasteiger partial charge on any atom is 0.263 e. The number of ether oxygens (including phenoxy) is 1. The van der Waals surface area contributed by atoms with Gasteiger partial charge in [0.05, 0.1) is 18.5 Å². The van der Waals surface area contributed by atoms with E-state index in [9.17, 15) is 4.79 Å². The number of hydrogen-bond acceptors (Lipinski definition) is 5. The van der Waals surface area contributed by atoms with Crippen LogP contribution in [-0.4, -0.2) is 39.4 Å². The standard InChI is InChI=1S/C18H24N4O2S/c1-3-24-15-8-14(18(15)6-4-5-7-18)21-16(23)13-10-19-17(25-13)12-9-20-22(2)11-12/h9-11,14-15H,3-8H2,1-2H3,(H,21,23)/t14-,15+/m0/s1. The quantitative estimate of drug-likeness (QED) is 0.890. The van der Waals surface area contributed by atoms with Crippen LogP contribution in [0.15, 0.2) is 18.6 Å². The summed E-state index contributed by atoms with van der Waals surface area (Å²) < 4.78 is 7.67. The molecule has 0 radical (unpaired) electrons. The number of carbonyl (C=O) groups is 1. The summed E-state index contributed by atoms with van der Waals surface area (Å²) in [6.45, 7) is 2.79. The molecule has 2 aliphatic rings. The third kappa shape index (κ3) is 2.89. The van der Waals surface area contributed by atoms with Crippen molar-refractivity contribution < 1.29 is 9.53 Å². The largest absolute Gasteiger partial charge is 0.378 e. The maximum absolute atomic E-state index is 12.7. The average molecular weight is 360 g/mol. The Balaban J connectivity index is 1.45. The molecule has 1 amide bonds. The smallest absolute Gasteiger partial charge is 0.263 e. The number of hydrogen-bond donors (Lipinski definition) is 1. The number of rotatable bonds is 5. The second-order valence-electron chi connectivity index (χ2n) is 7.08. The van der Waals surface area contributed by atoms with Crippen LogP contribution in [0.4, 0.5) is 0 Å². The fourth-order valence-corrected chi connectivity index (χ4v) is 5.16. The zero-order chi connectivity index (χ0) is 17.4. The highest BCUT2D eigenvalue weighted by Crippen LogP contribution is 2.54. The second kappa shape index (κ2) is 6.53. The fourth-order valence-electron chi connectivity index (χ4n) is 4.36. The number of carbonyl (C=O) groups excluding carboxylic acids is 1. The molecule has 0 saturated heterocycles. The van der Waals surface area contributed by atoms with Crippen molar-refractivity contribution in [2.75, 3.05) is 6.61 Å². The molecular formula is C18H24N4O2S. The minimum atomic E-state index is -0.0149. The molecule has 2 aliphatic carbocycles. The van der Waals surface area contributed by atoms with E-state index in [0.717, 1.165) is 36.4 Å². The molecule has 7 heteroatoms. The Morgan fingerprint density at radius 3 is 2.92 bits per heavy atom. The molecule has 0 aromatic carbocycles. The molecule has 2 aromatic rings. The van der Waals surface area contributed by atoms with E-state index in [1.54, 1.807) is 17.1 Å². The van der Waals surface area contributed by atoms with Crippen LogP contribution < -0.4 is 5.32 Å². The van der Waals surface area contributed by atoms with Gasteiger partial charge in [0, 0.05) is 36.9 Å². The van der Waals surface area contributed by atoms with E-state index < -0.39 is 0 Å². The van der Waals surface area contributed by atoms with Gasteiger partial charge in [-0.25, -0.2) is 4.98 Å². The van der Waals surface area contributed by atoms with Gasteiger partial charge in [-0.3, -0.25) is 9.48 Å². The molecule has 2 aromatic heterocycles.